The summed E-state index contributed by atoms with van der Waals surface area (Å²) in [6.45, 7) is 6.00. The second-order valence-corrected chi connectivity index (χ2v) is 4.68. The fourth-order valence-corrected chi connectivity index (χ4v) is 1.27. The van der Waals surface area contributed by atoms with Gasteiger partial charge in [0, 0.05) is 11.9 Å². The minimum Gasteiger partial charge on any atom is -0.314 e. The first-order chi connectivity index (χ1) is 8.40. The summed E-state index contributed by atoms with van der Waals surface area (Å²) in [6.07, 6.45) is 1.64. The number of rotatable bonds is 3. The predicted molar refractivity (Wildman–Crippen MR) is 72.2 cm³/mol. The molecule has 3 nitrogen and oxygen atoms in total. The molecule has 0 aliphatic heterocycles. The van der Waals surface area contributed by atoms with Crippen molar-refractivity contribution in [3.05, 3.63) is 40.8 Å². The molecule has 98 valence electrons. The Labute approximate surface area is 111 Å². The lowest BCUT2D eigenvalue weighted by atomic mass is 10.1. The largest absolute Gasteiger partial charge is 0.323 e. The van der Waals surface area contributed by atoms with Crippen molar-refractivity contribution in [3.63, 3.8) is 0 Å². The van der Waals surface area contributed by atoms with Gasteiger partial charge in [-0.25, -0.2) is 9.18 Å². The number of carbonyl (C=O) groups is 1. The number of carbonyl (C=O) groups excluding carboxylic acids is 1. The molecule has 2 N–H and O–H groups in total. The van der Waals surface area contributed by atoms with Crippen LogP contribution in [0.15, 0.2) is 30.0 Å². The summed E-state index contributed by atoms with van der Waals surface area (Å²) < 4.78 is 12.9. The van der Waals surface area contributed by atoms with Crippen molar-refractivity contribution in [1.29, 1.82) is 0 Å². The Bertz CT molecular complexity index is 472. The molecular formula is C13H16ClFN2O. The van der Waals surface area contributed by atoms with Crippen LogP contribution in [-0.4, -0.2) is 6.03 Å². The Kier molecular flexibility index (Phi) is 5.16. The van der Waals surface area contributed by atoms with Crippen molar-refractivity contribution in [2.75, 3.05) is 5.32 Å². The predicted octanol–water partition coefficient (Wildman–Crippen LogP) is 4.16. The van der Waals surface area contributed by atoms with E-state index in [0.29, 0.717) is 11.6 Å². The summed E-state index contributed by atoms with van der Waals surface area (Å²) in [5, 5.41) is 5.13. The number of allylic oxidation sites excluding steroid dienone is 1. The molecule has 1 rings (SSSR count). The Morgan fingerprint density at radius 2 is 2.11 bits per heavy atom. The first-order valence-electron chi connectivity index (χ1n) is 5.59. The molecule has 0 atom stereocenters. The average Bonchev–Trinajstić information content (AvgIpc) is 2.30. The van der Waals surface area contributed by atoms with Crippen molar-refractivity contribution in [1.82, 2.24) is 5.32 Å². The lowest BCUT2D eigenvalue weighted by molar-refractivity contribution is 0.255. The van der Waals surface area contributed by atoms with Crippen molar-refractivity contribution in [2.45, 2.75) is 20.8 Å². The zero-order valence-corrected chi connectivity index (χ0v) is 11.3. The van der Waals surface area contributed by atoms with E-state index in [2.05, 4.69) is 10.6 Å². The molecule has 0 spiro atoms. The van der Waals surface area contributed by atoms with Gasteiger partial charge in [0.1, 0.15) is 5.82 Å². The number of halogens is 2. The molecule has 0 fully saturated rings. The molecule has 0 saturated heterocycles. The van der Waals surface area contributed by atoms with Crippen LogP contribution in [0.3, 0.4) is 0 Å². The standard InChI is InChI=1S/C13H16ClFN2O/c1-8(2)9(3)7-16-13(18)17-10-4-5-12(15)11(14)6-10/h4-8H,1-3H3,(H2,16,17,18)/b9-7+. The highest BCUT2D eigenvalue weighted by molar-refractivity contribution is 6.31. The van der Waals surface area contributed by atoms with Crippen LogP contribution in [0, 0.1) is 11.7 Å². The van der Waals surface area contributed by atoms with Gasteiger partial charge in [-0.05, 0) is 31.0 Å². The molecule has 18 heavy (non-hydrogen) atoms. The van der Waals surface area contributed by atoms with Gasteiger partial charge in [-0.1, -0.05) is 31.0 Å². The topological polar surface area (TPSA) is 41.1 Å². The van der Waals surface area contributed by atoms with Crippen LogP contribution >= 0.6 is 11.6 Å². The first-order valence-corrected chi connectivity index (χ1v) is 5.97. The average molecular weight is 271 g/mol. The number of hydrogen-bond acceptors (Lipinski definition) is 1. The summed E-state index contributed by atoms with van der Waals surface area (Å²) in [5.41, 5.74) is 1.50. The maximum atomic E-state index is 12.9. The van der Waals surface area contributed by atoms with E-state index in [0.717, 1.165) is 5.57 Å². The maximum absolute atomic E-state index is 12.9. The van der Waals surface area contributed by atoms with Gasteiger partial charge in [-0.15, -0.1) is 0 Å². The molecule has 1 aromatic rings. The number of nitrogens with one attached hydrogen (secondary N) is 2. The van der Waals surface area contributed by atoms with E-state index in [-0.39, 0.29) is 5.02 Å². The van der Waals surface area contributed by atoms with E-state index in [1.807, 2.05) is 20.8 Å². The van der Waals surface area contributed by atoms with E-state index in [1.165, 1.54) is 18.2 Å². The number of amides is 2. The molecule has 0 radical (unpaired) electrons. The van der Waals surface area contributed by atoms with Crippen molar-refractivity contribution >= 4 is 23.3 Å². The first kappa shape index (κ1) is 14.5. The van der Waals surface area contributed by atoms with Crippen molar-refractivity contribution < 1.29 is 9.18 Å². The third-order valence-corrected chi connectivity index (χ3v) is 2.81. The molecule has 0 bridgehead atoms. The fraction of sp³-hybridized carbons (Fsp3) is 0.308. The molecule has 0 aliphatic rings. The van der Waals surface area contributed by atoms with Crippen LogP contribution in [0.5, 0.6) is 0 Å². The molecule has 0 aliphatic carbocycles. The third kappa shape index (κ3) is 4.37. The van der Waals surface area contributed by atoms with Crippen LogP contribution < -0.4 is 10.6 Å². The van der Waals surface area contributed by atoms with Crippen LogP contribution in [-0.2, 0) is 0 Å². The maximum Gasteiger partial charge on any atom is 0.323 e. The summed E-state index contributed by atoms with van der Waals surface area (Å²) in [4.78, 5) is 11.5. The van der Waals surface area contributed by atoms with Gasteiger partial charge in [0.05, 0.1) is 5.02 Å². The van der Waals surface area contributed by atoms with Crippen LogP contribution in [0.2, 0.25) is 5.02 Å². The smallest absolute Gasteiger partial charge is 0.314 e. The Hall–Kier alpha value is -1.55. The number of hydrogen-bond donors (Lipinski definition) is 2. The van der Waals surface area contributed by atoms with Crippen molar-refractivity contribution in [3.8, 4) is 0 Å². The van der Waals surface area contributed by atoms with Gasteiger partial charge in [0.2, 0.25) is 0 Å². The number of urea groups is 1. The molecule has 0 saturated carbocycles. The SMILES string of the molecule is C/C(=C\NC(=O)Nc1ccc(F)c(Cl)c1)C(C)C. The minimum atomic E-state index is -0.516. The Morgan fingerprint density at radius 3 is 2.67 bits per heavy atom. The Balaban J connectivity index is 2.60. The molecule has 1 aromatic carbocycles. The van der Waals surface area contributed by atoms with E-state index in [1.54, 1.807) is 6.20 Å². The molecule has 0 aromatic heterocycles. The monoisotopic (exact) mass is 270 g/mol. The zero-order chi connectivity index (χ0) is 13.7. The van der Waals surface area contributed by atoms with Crippen LogP contribution in [0.25, 0.3) is 0 Å². The molecule has 0 unspecified atom stereocenters. The van der Waals surface area contributed by atoms with Gasteiger partial charge in [0.15, 0.2) is 0 Å². The van der Waals surface area contributed by atoms with Gasteiger partial charge >= 0.3 is 6.03 Å². The molecule has 0 heterocycles. The van der Waals surface area contributed by atoms with Gasteiger partial charge in [-0.3, -0.25) is 0 Å². The van der Waals surface area contributed by atoms with E-state index < -0.39 is 11.8 Å². The van der Waals surface area contributed by atoms with Gasteiger partial charge in [-0.2, -0.15) is 0 Å². The minimum absolute atomic E-state index is 0.0262. The van der Waals surface area contributed by atoms with Gasteiger partial charge in [0.25, 0.3) is 0 Å². The lowest BCUT2D eigenvalue weighted by Gasteiger charge is -2.08. The highest BCUT2D eigenvalue weighted by Crippen LogP contribution is 2.19. The van der Waals surface area contributed by atoms with Gasteiger partial charge < -0.3 is 10.6 Å². The summed E-state index contributed by atoms with van der Waals surface area (Å²) in [5.74, 6) is -0.149. The summed E-state index contributed by atoms with van der Waals surface area (Å²) in [7, 11) is 0. The summed E-state index contributed by atoms with van der Waals surface area (Å²) >= 11 is 5.61. The second-order valence-electron chi connectivity index (χ2n) is 4.27. The lowest BCUT2D eigenvalue weighted by Crippen LogP contribution is -2.24. The number of anilines is 1. The quantitative estimate of drug-likeness (QED) is 0.851. The molecule has 2 amide bonds. The second kappa shape index (κ2) is 6.40. The third-order valence-electron chi connectivity index (χ3n) is 2.52. The highest BCUT2D eigenvalue weighted by atomic mass is 35.5. The molecule has 5 heteroatoms. The fourth-order valence-electron chi connectivity index (χ4n) is 1.09. The highest BCUT2D eigenvalue weighted by Gasteiger charge is 2.04. The van der Waals surface area contributed by atoms with Crippen LogP contribution in [0.1, 0.15) is 20.8 Å². The van der Waals surface area contributed by atoms with E-state index >= 15 is 0 Å². The summed E-state index contributed by atoms with van der Waals surface area (Å²) in [6, 6.07) is 3.61. The normalized spacial score (nSPS) is 11.6. The van der Waals surface area contributed by atoms with Crippen molar-refractivity contribution in [2.24, 2.45) is 5.92 Å². The molecular weight excluding hydrogens is 255 g/mol. The zero-order valence-electron chi connectivity index (χ0n) is 10.6. The van der Waals surface area contributed by atoms with E-state index in [4.69, 9.17) is 11.6 Å². The number of benzene rings is 1. The van der Waals surface area contributed by atoms with E-state index in [9.17, 15) is 9.18 Å². The Morgan fingerprint density at radius 1 is 1.44 bits per heavy atom. The van der Waals surface area contributed by atoms with Crippen LogP contribution in [0.4, 0.5) is 14.9 Å².